The fraction of sp³-hybridized carbons (Fsp3) is 0.471. The molecule has 1 heterocycles. The molecule has 0 saturated heterocycles. The number of aliphatic hydroxyl groups is 1. The van der Waals surface area contributed by atoms with Crippen molar-refractivity contribution in [2.24, 2.45) is 5.73 Å². The molecule has 4 atom stereocenters. The third-order valence-corrected chi connectivity index (χ3v) is 4.15. The van der Waals surface area contributed by atoms with Gasteiger partial charge in [0.25, 0.3) is 0 Å². The highest BCUT2D eigenvalue weighted by molar-refractivity contribution is 5.96. The van der Waals surface area contributed by atoms with Crippen LogP contribution in [0.1, 0.15) is 18.5 Å². The maximum Gasteiger partial charge on any atom is 0.328 e. The van der Waals surface area contributed by atoms with Crippen molar-refractivity contribution in [1.29, 1.82) is 0 Å². The zero-order valence-corrected chi connectivity index (χ0v) is 17.1. The van der Waals surface area contributed by atoms with E-state index in [0.29, 0.717) is 5.69 Å². The molecular weight excluding hydrogens is 448 g/mol. The second-order valence-electron chi connectivity index (χ2n) is 6.79. The Bertz CT molecular complexity index is 874. The van der Waals surface area contributed by atoms with Crippen molar-refractivity contribution in [2.75, 3.05) is 6.61 Å². The Balaban J connectivity index is 3.04. The van der Waals surface area contributed by atoms with Crippen LogP contribution >= 0.6 is 0 Å². The van der Waals surface area contributed by atoms with Crippen LogP contribution in [0.4, 0.5) is 0 Å². The molecule has 0 aliphatic carbocycles. The summed E-state index contributed by atoms with van der Waals surface area (Å²) >= 11 is 0. The summed E-state index contributed by atoms with van der Waals surface area (Å²) in [6.45, 7) is -0.940. The van der Waals surface area contributed by atoms with Gasteiger partial charge in [-0.2, -0.15) is 0 Å². The minimum atomic E-state index is -1.74. The summed E-state index contributed by atoms with van der Waals surface area (Å²) in [5.41, 5.74) is 5.75. The molecule has 10 N–H and O–H groups in total. The Kier molecular flexibility index (Phi) is 10.4. The number of nitrogens with one attached hydrogen (secondary N) is 4. The fourth-order valence-corrected chi connectivity index (χ4v) is 2.50. The number of imidazole rings is 1. The summed E-state index contributed by atoms with van der Waals surface area (Å²) in [6.07, 6.45) is 0.646. The van der Waals surface area contributed by atoms with Gasteiger partial charge in [0, 0.05) is 18.3 Å². The number of amides is 3. The molecule has 16 heteroatoms. The zero-order chi connectivity index (χ0) is 25.1. The van der Waals surface area contributed by atoms with Crippen molar-refractivity contribution in [3.63, 3.8) is 0 Å². The summed E-state index contributed by atoms with van der Waals surface area (Å²) in [4.78, 5) is 76.6. The number of carboxylic acid groups (broad SMARTS) is 3. The van der Waals surface area contributed by atoms with Crippen LogP contribution in [0.5, 0.6) is 0 Å². The van der Waals surface area contributed by atoms with Crippen LogP contribution in [-0.4, -0.2) is 96.8 Å². The Morgan fingerprint density at radius 3 is 1.91 bits per heavy atom. The SMILES string of the molecule is NC(CC(=O)O)C(=O)NC(CC(=O)O)C(=O)NC(Cc1cnc[nH]1)C(=O)NC(CO)C(=O)O. The number of rotatable bonds is 14. The second-order valence-corrected chi connectivity index (χ2v) is 6.79. The molecule has 1 aromatic rings. The van der Waals surface area contributed by atoms with E-state index in [1.54, 1.807) is 0 Å². The summed E-state index contributed by atoms with van der Waals surface area (Å²) in [7, 11) is 0. The third kappa shape index (κ3) is 9.32. The Labute approximate surface area is 185 Å². The third-order valence-electron chi connectivity index (χ3n) is 4.15. The van der Waals surface area contributed by atoms with Crippen LogP contribution in [-0.2, 0) is 35.2 Å². The van der Waals surface area contributed by atoms with Crippen LogP contribution < -0.4 is 21.7 Å². The number of carbonyl (C=O) groups is 6. The van der Waals surface area contributed by atoms with Crippen LogP contribution in [0.3, 0.4) is 0 Å². The van der Waals surface area contributed by atoms with E-state index in [1.807, 2.05) is 10.6 Å². The zero-order valence-electron chi connectivity index (χ0n) is 17.1. The number of nitrogens with two attached hydrogens (primary N) is 1. The molecule has 33 heavy (non-hydrogen) atoms. The van der Waals surface area contributed by atoms with Gasteiger partial charge in [0.15, 0.2) is 0 Å². The number of aromatic amines is 1. The van der Waals surface area contributed by atoms with Gasteiger partial charge >= 0.3 is 17.9 Å². The molecule has 0 spiro atoms. The number of nitrogens with zero attached hydrogens (tertiary/aromatic N) is 1. The summed E-state index contributed by atoms with van der Waals surface area (Å²) in [5.74, 6) is -7.71. The van der Waals surface area contributed by atoms with Crippen molar-refractivity contribution in [1.82, 2.24) is 25.9 Å². The largest absolute Gasteiger partial charge is 0.481 e. The molecule has 0 aliphatic heterocycles. The lowest BCUT2D eigenvalue weighted by atomic mass is 10.1. The number of carboxylic acids is 3. The molecule has 182 valence electrons. The first-order valence-corrected chi connectivity index (χ1v) is 9.35. The molecule has 0 bridgehead atoms. The average molecular weight is 472 g/mol. The molecule has 1 rings (SSSR count). The molecule has 0 aliphatic rings. The fourth-order valence-electron chi connectivity index (χ4n) is 2.50. The van der Waals surface area contributed by atoms with Crippen LogP contribution in [0.2, 0.25) is 0 Å². The van der Waals surface area contributed by atoms with Gasteiger partial charge in [-0.05, 0) is 0 Å². The van der Waals surface area contributed by atoms with Gasteiger partial charge in [0.2, 0.25) is 17.7 Å². The monoisotopic (exact) mass is 472 g/mol. The topological polar surface area (TPSA) is 274 Å². The second kappa shape index (κ2) is 12.7. The lowest BCUT2D eigenvalue weighted by molar-refractivity contribution is -0.144. The predicted molar refractivity (Wildman–Crippen MR) is 105 cm³/mol. The first-order valence-electron chi connectivity index (χ1n) is 9.35. The summed E-state index contributed by atoms with van der Waals surface area (Å²) in [6, 6.07) is -6.45. The smallest absolute Gasteiger partial charge is 0.328 e. The van der Waals surface area contributed by atoms with Crippen LogP contribution in [0.25, 0.3) is 0 Å². The highest BCUT2D eigenvalue weighted by Crippen LogP contribution is 2.03. The van der Waals surface area contributed by atoms with Gasteiger partial charge in [-0.25, -0.2) is 9.78 Å². The van der Waals surface area contributed by atoms with Gasteiger partial charge in [-0.3, -0.25) is 24.0 Å². The standard InChI is InChI=1S/C17H24N6O10/c18-8(2-12(25)26)14(29)21-10(3-13(27)28)16(31)22-9(1-7-4-19-6-20-7)15(30)23-11(5-24)17(32)33/h4,6,8-11,24H,1-3,5,18H2,(H,19,20)(H,21,29)(H,22,31)(H,23,30)(H,25,26)(H,27,28)(H,32,33). The van der Waals surface area contributed by atoms with Gasteiger partial charge in [0.05, 0.1) is 31.8 Å². The summed E-state index contributed by atoms with van der Waals surface area (Å²) < 4.78 is 0. The van der Waals surface area contributed by atoms with Crippen LogP contribution in [0.15, 0.2) is 12.5 Å². The van der Waals surface area contributed by atoms with Crippen molar-refractivity contribution in [3.05, 3.63) is 18.2 Å². The number of H-pyrrole nitrogens is 1. The van der Waals surface area contributed by atoms with E-state index in [4.69, 9.17) is 26.2 Å². The Morgan fingerprint density at radius 2 is 1.42 bits per heavy atom. The predicted octanol–water partition coefficient (Wildman–Crippen LogP) is -4.24. The van der Waals surface area contributed by atoms with Crippen molar-refractivity contribution in [2.45, 2.75) is 43.4 Å². The molecule has 3 amide bonds. The quantitative estimate of drug-likeness (QED) is 0.124. The minimum Gasteiger partial charge on any atom is -0.481 e. The Hall–Kier alpha value is -4.05. The van der Waals surface area contributed by atoms with Crippen molar-refractivity contribution >= 4 is 35.6 Å². The number of aliphatic hydroxyl groups excluding tert-OH is 1. The van der Waals surface area contributed by atoms with E-state index in [0.717, 1.165) is 0 Å². The van der Waals surface area contributed by atoms with E-state index in [9.17, 15) is 28.8 Å². The average Bonchev–Trinajstić information content (AvgIpc) is 3.22. The molecule has 0 aromatic carbocycles. The number of aliphatic carboxylic acids is 3. The van der Waals surface area contributed by atoms with E-state index in [2.05, 4.69) is 15.3 Å². The normalized spacial score (nSPS) is 14.2. The molecule has 16 nitrogen and oxygen atoms in total. The number of hydrogen-bond donors (Lipinski definition) is 9. The summed E-state index contributed by atoms with van der Waals surface area (Å²) in [5, 5.41) is 42.1. The minimum absolute atomic E-state index is 0.235. The lowest BCUT2D eigenvalue weighted by Crippen LogP contribution is -2.58. The first kappa shape index (κ1) is 27.0. The van der Waals surface area contributed by atoms with E-state index in [1.165, 1.54) is 12.5 Å². The van der Waals surface area contributed by atoms with Gasteiger partial charge in [-0.1, -0.05) is 0 Å². The molecule has 0 fully saturated rings. The van der Waals surface area contributed by atoms with Gasteiger partial charge < -0.3 is 47.1 Å². The van der Waals surface area contributed by atoms with E-state index >= 15 is 0 Å². The Morgan fingerprint density at radius 1 is 0.879 bits per heavy atom. The molecule has 1 aromatic heterocycles. The first-order chi connectivity index (χ1) is 15.4. The van der Waals surface area contributed by atoms with E-state index in [-0.39, 0.29) is 6.42 Å². The maximum atomic E-state index is 12.7. The van der Waals surface area contributed by atoms with Crippen LogP contribution in [0, 0.1) is 0 Å². The van der Waals surface area contributed by atoms with Crippen molar-refractivity contribution < 1.29 is 49.2 Å². The molecule has 4 unspecified atom stereocenters. The number of hydrogen-bond acceptors (Lipinski definition) is 9. The highest BCUT2D eigenvalue weighted by atomic mass is 16.4. The molecular formula is C17H24N6O10. The molecule has 0 radical (unpaired) electrons. The lowest BCUT2D eigenvalue weighted by Gasteiger charge is -2.24. The highest BCUT2D eigenvalue weighted by Gasteiger charge is 2.32. The van der Waals surface area contributed by atoms with E-state index < -0.39 is 79.2 Å². The van der Waals surface area contributed by atoms with Gasteiger partial charge in [-0.15, -0.1) is 0 Å². The number of carbonyl (C=O) groups excluding carboxylic acids is 3. The number of aromatic nitrogens is 2. The van der Waals surface area contributed by atoms with Crippen molar-refractivity contribution in [3.8, 4) is 0 Å². The maximum absolute atomic E-state index is 12.7. The molecule has 0 saturated carbocycles. The van der Waals surface area contributed by atoms with Gasteiger partial charge in [0.1, 0.15) is 18.1 Å².